The second-order valence-corrected chi connectivity index (χ2v) is 40.6. The normalized spacial score (nSPS) is 15.8. The molecule has 3 saturated heterocycles. The Balaban J connectivity index is 0.000000146. The van der Waals surface area contributed by atoms with Crippen molar-refractivity contribution >= 4 is 123 Å². The lowest BCUT2D eigenvalue weighted by Crippen LogP contribution is -2.34. The highest BCUT2D eigenvalue weighted by Crippen LogP contribution is 2.36. The minimum Gasteiger partial charge on any atom is -0.490 e. The number of nitrogens with zero attached hydrogens (tertiary/aromatic N) is 14. The summed E-state index contributed by atoms with van der Waals surface area (Å²) in [6, 6.07) is 51.4. The summed E-state index contributed by atoms with van der Waals surface area (Å²) in [5.41, 5.74) is 8.13. The Labute approximate surface area is 787 Å². The van der Waals surface area contributed by atoms with E-state index >= 15 is 0 Å². The third-order valence-corrected chi connectivity index (χ3v) is 30.1. The molecule has 9 aromatic heterocycles. The Morgan fingerprint density at radius 3 is 1.69 bits per heavy atom. The van der Waals surface area contributed by atoms with Crippen LogP contribution in [0.15, 0.2) is 271 Å². The van der Waals surface area contributed by atoms with Gasteiger partial charge in [0.2, 0.25) is 27.7 Å². The fourth-order valence-corrected chi connectivity index (χ4v) is 21.3. The first-order valence-corrected chi connectivity index (χ1v) is 50.2. The number of carbonyl (C=O) groups excluding carboxylic acids is 1. The van der Waals surface area contributed by atoms with Crippen LogP contribution in [0, 0.1) is 11.8 Å². The Morgan fingerprint density at radius 2 is 1.13 bits per heavy atom. The van der Waals surface area contributed by atoms with Crippen molar-refractivity contribution in [2.24, 2.45) is 11.8 Å². The molecule has 5 aromatic carbocycles. The molecule has 1 saturated carbocycles. The number of nitrogens with one attached hydrogen (secondary N) is 5. The van der Waals surface area contributed by atoms with E-state index in [-0.39, 0.29) is 93.4 Å². The van der Waals surface area contributed by atoms with E-state index in [1.165, 1.54) is 34.7 Å². The number of fused-ring (bicyclic) bond motifs is 3. The summed E-state index contributed by atoms with van der Waals surface area (Å²) in [4.78, 5) is 102. The van der Waals surface area contributed by atoms with Gasteiger partial charge in [-0.05, 0) is 241 Å². The van der Waals surface area contributed by atoms with Crippen molar-refractivity contribution < 1.29 is 31.1 Å². The van der Waals surface area contributed by atoms with Gasteiger partial charge in [-0.2, -0.15) is 26.7 Å². The molecular weight excluding hydrogens is 1770 g/mol. The lowest BCUT2D eigenvalue weighted by molar-refractivity contribution is 0.0965. The standard InChI is InChI=1S/C35H36N6O4S.C33H35N7O2S2.C33H38N6O4S/c1-23(2)24(3)31-18-26-19-37-35(38-27-10-12-28(13-11-27)45-29-15-17-40(4)22-29)39-33(26)41(34(31)42)21-25-14-16-36-20-32(25)46(43,44)30-8-6-5-7-9-30;1-3-22(4-2)28-17-24-19-37-33(38-26-7-5-23(6-8-26)29-20-36-15-16-43-29)39-31(24)40(32(28)41)21-25-18-35-14-11-30(25)44(42)27-9-12-34-13-10-27;1-38(2)17-18-44(42)28-11-3-22(4-12-28)21-39-31-24(19-29(32(39)41)30(40)23-5-6-23)20-35-33(37-31)36-25-7-9-26(10-8-25)43-27-13-15-34-16-14-27/h5-14,16,18-20,23,29H,3,15,17,21-22H2,1-2,4H3,(H,37,38,39);5-14,17-19,22,29,36H,3-4,15-16,20-21H2,1-2H3,(H,37,38,39);3-4,7-12,19-20,23,27,34H,5-6,13-18,21H2,1-2H3,(H,35,36,37). The number of piperidine rings is 1. The molecule has 0 spiro atoms. The van der Waals surface area contributed by atoms with E-state index in [1.807, 2.05) is 136 Å². The molecule has 12 heterocycles. The highest BCUT2D eigenvalue weighted by atomic mass is 32.2. The zero-order chi connectivity index (χ0) is 93.5. The van der Waals surface area contributed by atoms with Gasteiger partial charge in [-0.25, -0.2) is 27.6 Å². The number of hydrogen-bond acceptors (Lipinski definition) is 27. The van der Waals surface area contributed by atoms with Crippen LogP contribution in [0.25, 0.3) is 38.7 Å². The Morgan fingerprint density at radius 1 is 0.582 bits per heavy atom. The quantitative estimate of drug-likeness (QED) is 0.0244. The third kappa shape index (κ3) is 23.0. The topological polar surface area (TPSA) is 352 Å². The number of rotatable bonds is 32. The van der Waals surface area contributed by atoms with E-state index in [9.17, 15) is 36.0 Å². The predicted octanol–water partition coefficient (Wildman–Crippen LogP) is 15.4. The fraction of sp³-hybridized carbons (Fsp3) is 0.317. The summed E-state index contributed by atoms with van der Waals surface area (Å²) in [6.07, 6.45) is 21.1. The molecular formula is C101H109N19O10S4. The molecule has 0 bridgehead atoms. The van der Waals surface area contributed by atoms with Crippen LogP contribution in [0.3, 0.4) is 0 Å². The van der Waals surface area contributed by atoms with Crippen LogP contribution >= 0.6 is 11.8 Å². The molecule has 0 amide bonds. The number of allylic oxidation sites excluding steroid dienone is 1. The van der Waals surface area contributed by atoms with Crippen molar-refractivity contribution in [3.63, 3.8) is 0 Å². The molecule has 4 aliphatic rings. The van der Waals surface area contributed by atoms with Crippen LogP contribution in [-0.4, -0.2) is 182 Å². The van der Waals surface area contributed by atoms with Gasteiger partial charge in [0.15, 0.2) is 5.78 Å². The summed E-state index contributed by atoms with van der Waals surface area (Å²) < 4.78 is 70.5. The van der Waals surface area contributed by atoms with Crippen LogP contribution < -0.4 is 52.7 Å². The fourth-order valence-electron chi connectivity index (χ4n) is 16.4. The van der Waals surface area contributed by atoms with Crippen molar-refractivity contribution in [3.05, 3.63) is 302 Å². The zero-order valence-electron chi connectivity index (χ0n) is 75.9. The second-order valence-electron chi connectivity index (χ2n) is 34.3. The molecule has 4 unspecified atom stereocenters. The molecule has 134 heavy (non-hydrogen) atoms. The number of ether oxygens (including phenoxy) is 2. The highest BCUT2D eigenvalue weighted by Gasteiger charge is 2.34. The number of aromatic nitrogens is 12. The molecule has 4 atom stereocenters. The van der Waals surface area contributed by atoms with Gasteiger partial charge < -0.3 is 45.9 Å². The number of carbonyl (C=O) groups is 1. The van der Waals surface area contributed by atoms with E-state index in [0.717, 1.165) is 146 Å². The summed E-state index contributed by atoms with van der Waals surface area (Å²) in [6.45, 7) is 19.2. The third-order valence-electron chi connectivity index (χ3n) is 24.2. The number of likely N-dealkylation sites (N-methyl/N-ethyl adjacent to an activating group) is 1. The van der Waals surface area contributed by atoms with Crippen LogP contribution in [0.4, 0.5) is 34.9 Å². The summed E-state index contributed by atoms with van der Waals surface area (Å²) >= 11 is 1.97. The average Bonchev–Trinajstić information content (AvgIpc) is 1.04. The molecule has 692 valence electrons. The van der Waals surface area contributed by atoms with Gasteiger partial charge in [-0.3, -0.25) is 52.0 Å². The SMILES string of the molecule is C=C(c1cc2cnc(Nc3ccc(OC4CCN(C)C4)cc3)nc2n(Cc2ccncc2S(=O)(=O)c2ccccc2)c1=O)C(C)C.CCC(CC)c1cc2cnc(Nc3ccc(C4CNCCS4)cc3)nc2n(Cc2cnccc2S(=O)c2ccncc2)c1=O.CN(C)CCS(=O)c1ccc(Cn2c(=O)c(C(=O)C3CC3)cc3cnc(Nc4ccc(OC5CCNCC5)cc4)nc32)cc1. The second kappa shape index (κ2) is 43.5. The number of pyridine rings is 6. The van der Waals surface area contributed by atoms with E-state index < -0.39 is 31.4 Å². The number of benzene rings is 5. The number of ketones is 1. The summed E-state index contributed by atoms with van der Waals surface area (Å²) in [7, 11) is -0.500. The summed E-state index contributed by atoms with van der Waals surface area (Å²) in [5.74, 6) is 4.18. The maximum Gasteiger partial charge on any atom is 0.263 e. The number of likely N-dealkylation sites (tertiary alicyclic amines) is 1. The molecule has 5 N–H and O–H groups in total. The number of Topliss-reactive ketones (excluding diaryl/α,β-unsaturated/α-hetero) is 1. The van der Waals surface area contributed by atoms with Gasteiger partial charge in [-0.15, -0.1) is 0 Å². The maximum atomic E-state index is 14.1. The van der Waals surface area contributed by atoms with E-state index in [1.54, 1.807) is 107 Å². The first-order valence-electron chi connectivity index (χ1n) is 45.2. The van der Waals surface area contributed by atoms with E-state index in [2.05, 4.69) is 101 Å². The molecule has 3 aliphatic heterocycles. The van der Waals surface area contributed by atoms with Crippen molar-refractivity contribution in [3.8, 4) is 11.5 Å². The maximum absolute atomic E-state index is 14.1. The van der Waals surface area contributed by atoms with Crippen molar-refractivity contribution in [1.82, 2.24) is 79.0 Å². The number of sulfone groups is 1. The minimum absolute atomic E-state index is 0.0110. The van der Waals surface area contributed by atoms with Crippen LogP contribution in [0.2, 0.25) is 0 Å². The lowest BCUT2D eigenvalue weighted by Gasteiger charge is -2.23. The largest absolute Gasteiger partial charge is 0.490 e. The molecule has 1 aliphatic carbocycles. The van der Waals surface area contributed by atoms with Crippen molar-refractivity contribution in [2.75, 3.05) is 94.4 Å². The van der Waals surface area contributed by atoms with Crippen LogP contribution in [-0.2, 0) is 51.1 Å². The molecule has 14 aromatic rings. The van der Waals surface area contributed by atoms with Gasteiger partial charge in [0, 0.05) is 171 Å². The molecule has 33 heteroatoms. The van der Waals surface area contributed by atoms with Gasteiger partial charge in [0.1, 0.15) is 40.6 Å². The minimum atomic E-state index is -3.91. The Hall–Kier alpha value is -12.7. The Bertz CT molecular complexity index is 6900. The molecule has 4 fully saturated rings. The van der Waals surface area contributed by atoms with Crippen LogP contribution in [0.5, 0.6) is 11.5 Å². The molecule has 0 radical (unpaired) electrons. The highest BCUT2D eigenvalue weighted by molar-refractivity contribution is 7.99. The average molecular weight is 1880 g/mol. The summed E-state index contributed by atoms with van der Waals surface area (Å²) in [5, 5.41) is 19.0. The lowest BCUT2D eigenvalue weighted by atomic mass is 9.94. The van der Waals surface area contributed by atoms with Crippen molar-refractivity contribution in [1.29, 1.82) is 0 Å². The van der Waals surface area contributed by atoms with Gasteiger partial charge >= 0.3 is 0 Å². The van der Waals surface area contributed by atoms with Gasteiger partial charge in [0.05, 0.1) is 61.5 Å². The van der Waals surface area contributed by atoms with Crippen LogP contribution in [0.1, 0.15) is 128 Å². The zero-order valence-corrected chi connectivity index (χ0v) is 79.2. The molecule has 18 rings (SSSR count). The van der Waals surface area contributed by atoms with Gasteiger partial charge in [-0.1, -0.05) is 76.7 Å². The number of thioether (sulfide) groups is 1. The smallest absolute Gasteiger partial charge is 0.263 e. The molecule has 29 nitrogen and oxygen atoms in total. The predicted molar refractivity (Wildman–Crippen MR) is 529 cm³/mol. The number of hydrogen-bond donors (Lipinski definition) is 5. The van der Waals surface area contributed by atoms with Gasteiger partial charge in [0.25, 0.3) is 16.7 Å². The Kier molecular flexibility index (Phi) is 30.7. The van der Waals surface area contributed by atoms with Crippen molar-refractivity contribution in [2.45, 2.75) is 140 Å². The van der Waals surface area contributed by atoms with E-state index in [4.69, 9.17) is 24.4 Å². The number of anilines is 6. The van der Waals surface area contributed by atoms with E-state index in [0.29, 0.717) is 82.7 Å². The first-order chi connectivity index (χ1) is 65.0. The monoisotopic (exact) mass is 1880 g/mol. The first kappa shape index (κ1) is 94.5.